The highest BCUT2D eigenvalue weighted by Crippen LogP contribution is 2.70. The van der Waals surface area contributed by atoms with Gasteiger partial charge in [-0.2, -0.15) is 0 Å². The molecule has 16 aromatic carbocycles. The van der Waals surface area contributed by atoms with E-state index in [1.807, 2.05) is 0 Å². The molecule has 4 heteroatoms. The predicted molar refractivity (Wildman–Crippen MR) is 401 cm³/mol. The zero-order valence-electron chi connectivity index (χ0n) is 52.9. The van der Waals surface area contributed by atoms with Crippen molar-refractivity contribution in [3.05, 3.63) is 350 Å². The molecule has 2 atom stereocenters. The van der Waals surface area contributed by atoms with E-state index in [0.29, 0.717) is 0 Å². The summed E-state index contributed by atoms with van der Waals surface area (Å²) in [6.45, 7) is 5.18. The van der Waals surface area contributed by atoms with Crippen LogP contribution in [0.15, 0.2) is 336 Å². The second kappa shape index (κ2) is 20.6. The second-order valence-electron chi connectivity index (χ2n) is 26.3. The van der Waals surface area contributed by atoms with Gasteiger partial charge in [0.05, 0.1) is 34.1 Å². The molecule has 0 N–H and O–H groups in total. The van der Waals surface area contributed by atoms with E-state index in [1.165, 1.54) is 76.8 Å². The van der Waals surface area contributed by atoms with Crippen LogP contribution in [0.2, 0.25) is 0 Å². The van der Waals surface area contributed by atoms with E-state index in [0.717, 1.165) is 111 Å². The monoisotopic (exact) mass is 1220 g/mol. The molecule has 4 nitrogen and oxygen atoms in total. The predicted octanol–water partition coefficient (Wildman–Crippen LogP) is 25.6. The fourth-order valence-electron chi connectivity index (χ4n) is 17.3. The third kappa shape index (κ3) is 7.49. The number of para-hydroxylation sites is 6. The lowest BCUT2D eigenvalue weighted by Crippen LogP contribution is -2.44. The topological polar surface area (TPSA) is 32.8 Å². The largest absolute Gasteiger partial charge is 0.454 e. The fraction of sp³-hybridized carbons (Fsp3) is 0.0435. The van der Waals surface area contributed by atoms with Crippen molar-refractivity contribution >= 4 is 121 Å². The van der Waals surface area contributed by atoms with E-state index in [2.05, 4.69) is 351 Å². The Bertz CT molecular complexity index is 5890. The van der Waals surface area contributed by atoms with Gasteiger partial charge < -0.3 is 18.6 Å². The van der Waals surface area contributed by atoms with Gasteiger partial charge in [-0.05, 0) is 136 Å². The zero-order chi connectivity index (χ0) is 63.4. The van der Waals surface area contributed by atoms with Crippen LogP contribution in [0.25, 0.3) is 131 Å². The molecule has 2 aliphatic rings. The number of benzene rings is 16. The van der Waals surface area contributed by atoms with E-state index < -0.39 is 10.8 Å². The molecule has 0 bridgehead atoms. The van der Waals surface area contributed by atoms with Crippen molar-refractivity contribution in [3.63, 3.8) is 0 Å². The smallest absolute Gasteiger partial charge is 0.159 e. The van der Waals surface area contributed by atoms with Crippen LogP contribution in [-0.4, -0.2) is 0 Å². The molecule has 450 valence electrons. The van der Waals surface area contributed by atoms with E-state index in [4.69, 9.17) is 8.83 Å². The van der Waals surface area contributed by atoms with E-state index in [-0.39, 0.29) is 0 Å². The van der Waals surface area contributed by atoms with Crippen LogP contribution >= 0.6 is 0 Å². The third-order valence-electron chi connectivity index (χ3n) is 21.7. The SMILES string of the molecule is CC1(C2(C)c3ccc4ccccc4c3-c3c2cc(N(c2ccccc2-c2ccccc2)c2cccc4c2oc2ccccc24)c2ccccc32)c2ccc3ccccc3c2-c2c1cc(N(c1ccccc1-c1ccccc1)c1cccc3c1oc1ccccc13)c1ccccc21. The standard InChI is InChI=1S/C92H60N2O2/c1-91(73-53-51-59-31-9-11-35-63(59)85(73)87-69-41-15-13-37-65(69)81(55-75(87)91)93(77-45-21-17-33-61(77)57-27-5-3-6-28-57)79-47-25-43-71-67-39-19-23-49-83(67)95-89(71)79)92(2)74-54-52-60-32-10-12-36-64(60)86(74)88-70-42-16-14-38-66(70)82(56-76(88)92)94(78-46-22-18-34-62(78)58-29-7-4-8-30-58)80-48-26-44-72-68-40-20-24-50-84(68)96-90(72)80/h3-56H,1-2H3. The fourth-order valence-corrected chi connectivity index (χ4v) is 17.3. The van der Waals surface area contributed by atoms with Crippen LogP contribution in [0.3, 0.4) is 0 Å². The molecule has 0 radical (unpaired) electrons. The molecule has 0 fully saturated rings. The summed E-state index contributed by atoms with van der Waals surface area (Å²) in [5.74, 6) is 0. The van der Waals surface area contributed by atoms with Crippen LogP contribution in [-0.2, 0) is 10.8 Å². The van der Waals surface area contributed by atoms with Gasteiger partial charge in [0.1, 0.15) is 11.2 Å². The third-order valence-corrected chi connectivity index (χ3v) is 21.7. The number of furan rings is 2. The van der Waals surface area contributed by atoms with Crippen LogP contribution < -0.4 is 9.80 Å². The van der Waals surface area contributed by atoms with E-state index in [9.17, 15) is 0 Å². The second-order valence-corrected chi connectivity index (χ2v) is 26.3. The van der Waals surface area contributed by atoms with Gasteiger partial charge in [-0.25, -0.2) is 0 Å². The molecule has 2 unspecified atom stereocenters. The summed E-state index contributed by atoms with van der Waals surface area (Å²) in [7, 11) is 0. The first kappa shape index (κ1) is 54.3. The van der Waals surface area contributed by atoms with E-state index >= 15 is 0 Å². The Kier molecular flexibility index (Phi) is 11.7. The number of hydrogen-bond donors (Lipinski definition) is 0. The van der Waals surface area contributed by atoms with Crippen LogP contribution in [0.4, 0.5) is 34.1 Å². The lowest BCUT2D eigenvalue weighted by Gasteiger charge is -2.46. The maximum absolute atomic E-state index is 7.16. The van der Waals surface area contributed by atoms with Gasteiger partial charge in [-0.15, -0.1) is 0 Å². The van der Waals surface area contributed by atoms with Crippen molar-refractivity contribution in [1.82, 2.24) is 0 Å². The van der Waals surface area contributed by atoms with Gasteiger partial charge in [0.2, 0.25) is 0 Å². The summed E-state index contributed by atoms with van der Waals surface area (Å²) in [5, 5.41) is 13.8. The number of nitrogens with zero attached hydrogens (tertiary/aromatic N) is 2. The quantitative estimate of drug-likeness (QED) is 0.144. The number of rotatable bonds is 9. The Hall–Kier alpha value is -12.2. The van der Waals surface area contributed by atoms with Gasteiger partial charge in [0.25, 0.3) is 0 Å². The zero-order valence-corrected chi connectivity index (χ0v) is 52.9. The summed E-state index contributed by atoms with van der Waals surface area (Å²) in [5.41, 5.74) is 22.6. The van der Waals surface area contributed by atoms with Gasteiger partial charge >= 0.3 is 0 Å². The van der Waals surface area contributed by atoms with Crippen molar-refractivity contribution in [1.29, 1.82) is 0 Å². The Balaban J connectivity index is 0.942. The number of anilines is 6. The molecule has 2 aromatic heterocycles. The van der Waals surface area contributed by atoms with E-state index in [1.54, 1.807) is 0 Å². The molecule has 0 saturated carbocycles. The van der Waals surface area contributed by atoms with Crippen LogP contribution in [0, 0.1) is 0 Å². The lowest BCUT2D eigenvalue weighted by atomic mass is 9.56. The first-order valence-corrected chi connectivity index (χ1v) is 33.3. The van der Waals surface area contributed by atoms with Gasteiger partial charge in [-0.3, -0.25) is 0 Å². The Morgan fingerprint density at radius 3 is 0.990 bits per heavy atom. The molecule has 0 aliphatic heterocycles. The maximum atomic E-state index is 7.16. The molecule has 0 amide bonds. The van der Waals surface area contributed by atoms with Crippen LogP contribution in [0.1, 0.15) is 36.1 Å². The average molecular weight is 1230 g/mol. The molecule has 2 heterocycles. The van der Waals surface area contributed by atoms with Crippen molar-refractivity contribution in [2.24, 2.45) is 0 Å². The summed E-state index contributed by atoms with van der Waals surface area (Å²) >= 11 is 0. The Morgan fingerprint density at radius 2 is 0.552 bits per heavy atom. The maximum Gasteiger partial charge on any atom is 0.159 e. The Morgan fingerprint density at radius 1 is 0.229 bits per heavy atom. The van der Waals surface area contributed by atoms with Crippen molar-refractivity contribution < 1.29 is 8.83 Å². The lowest BCUT2D eigenvalue weighted by molar-refractivity contribution is 0.376. The van der Waals surface area contributed by atoms with Gasteiger partial charge in [-0.1, -0.05) is 293 Å². The highest BCUT2D eigenvalue weighted by molar-refractivity contribution is 6.21. The summed E-state index contributed by atoms with van der Waals surface area (Å²) < 4.78 is 14.3. The molecular formula is C92H60N2O2. The first-order valence-electron chi connectivity index (χ1n) is 33.3. The summed E-state index contributed by atoms with van der Waals surface area (Å²) in [6, 6.07) is 121. The number of hydrogen-bond acceptors (Lipinski definition) is 4. The molecule has 2 aliphatic carbocycles. The minimum absolute atomic E-state index is 0.788. The summed E-state index contributed by atoms with van der Waals surface area (Å²) in [6.07, 6.45) is 0. The van der Waals surface area contributed by atoms with Crippen molar-refractivity contribution in [2.45, 2.75) is 24.7 Å². The minimum atomic E-state index is -0.788. The molecule has 0 spiro atoms. The van der Waals surface area contributed by atoms with Gasteiger partial charge in [0.15, 0.2) is 11.2 Å². The highest BCUT2D eigenvalue weighted by atomic mass is 16.3. The minimum Gasteiger partial charge on any atom is -0.454 e. The molecule has 20 rings (SSSR count). The normalized spacial score (nSPS) is 15.5. The van der Waals surface area contributed by atoms with Gasteiger partial charge in [0, 0.05) is 54.3 Å². The first-order chi connectivity index (χ1) is 47.4. The number of fused-ring (bicyclic) bond motifs is 20. The Labute approximate surface area is 555 Å². The van der Waals surface area contributed by atoms with Crippen molar-refractivity contribution in [3.8, 4) is 44.5 Å². The van der Waals surface area contributed by atoms with Crippen molar-refractivity contribution in [2.75, 3.05) is 9.80 Å². The average Bonchev–Trinajstić information content (AvgIpc) is 1.48. The summed E-state index contributed by atoms with van der Waals surface area (Å²) in [4.78, 5) is 5.05. The molecular weight excluding hydrogens is 1170 g/mol. The molecule has 0 saturated heterocycles. The van der Waals surface area contributed by atoms with Crippen LogP contribution in [0.5, 0.6) is 0 Å². The molecule has 18 aromatic rings. The molecule has 96 heavy (non-hydrogen) atoms. The highest BCUT2D eigenvalue weighted by Gasteiger charge is 2.59.